The van der Waals surface area contributed by atoms with Gasteiger partial charge in [0.2, 0.25) is 0 Å². The molecule has 0 spiro atoms. The smallest absolute Gasteiger partial charge is 0.381 e. The zero-order valence-electron chi connectivity index (χ0n) is 13.3. The molecule has 1 N–H and O–H groups in total. The van der Waals surface area contributed by atoms with Crippen LogP contribution in [-0.2, 0) is 16.3 Å². The average molecular weight is 370 g/mol. The summed E-state index contributed by atoms with van der Waals surface area (Å²) in [7, 11) is 0. The third kappa shape index (κ3) is 4.01. The van der Waals surface area contributed by atoms with Crippen molar-refractivity contribution in [3.63, 3.8) is 0 Å². The van der Waals surface area contributed by atoms with Crippen molar-refractivity contribution < 1.29 is 22.7 Å². The first-order valence-corrected chi connectivity index (χ1v) is 8.77. The number of nitrogens with zero attached hydrogens (tertiary/aromatic N) is 1. The molecular formula is C17H17F3N2O2S. The summed E-state index contributed by atoms with van der Waals surface area (Å²) in [5, 5.41) is 6.91. The summed E-state index contributed by atoms with van der Waals surface area (Å²) in [4.78, 5) is 15.6. The predicted molar refractivity (Wildman–Crippen MR) is 87.6 cm³/mol. The zero-order valence-corrected chi connectivity index (χ0v) is 14.1. The summed E-state index contributed by atoms with van der Waals surface area (Å²) in [6, 6.07) is 4.01. The number of aromatic nitrogens is 1. The molecule has 4 nitrogen and oxygen atoms in total. The number of nitrogens with one attached hydrogen (secondary N) is 1. The van der Waals surface area contributed by atoms with Crippen LogP contribution in [0.5, 0.6) is 0 Å². The van der Waals surface area contributed by atoms with E-state index in [0.29, 0.717) is 19.8 Å². The van der Waals surface area contributed by atoms with Gasteiger partial charge in [-0.2, -0.15) is 24.5 Å². The molecule has 134 valence electrons. The van der Waals surface area contributed by atoms with Crippen LogP contribution in [0.4, 0.5) is 13.2 Å². The van der Waals surface area contributed by atoms with Gasteiger partial charge in [0.05, 0.1) is 5.56 Å². The quantitative estimate of drug-likeness (QED) is 0.894. The number of rotatable bonds is 4. The second kappa shape index (κ2) is 7.13. The fourth-order valence-electron chi connectivity index (χ4n) is 2.94. The van der Waals surface area contributed by atoms with Gasteiger partial charge in [-0.1, -0.05) is 0 Å². The summed E-state index contributed by atoms with van der Waals surface area (Å²) >= 11 is 1.60. The highest BCUT2D eigenvalue weighted by Gasteiger charge is 2.35. The van der Waals surface area contributed by atoms with Crippen molar-refractivity contribution in [3.05, 3.63) is 52.0 Å². The third-order valence-electron chi connectivity index (χ3n) is 4.49. The van der Waals surface area contributed by atoms with E-state index in [0.717, 1.165) is 36.7 Å². The fourth-order valence-corrected chi connectivity index (χ4v) is 3.72. The van der Waals surface area contributed by atoms with Crippen molar-refractivity contribution in [2.45, 2.75) is 24.4 Å². The number of carbonyl (C=O) groups excluding carboxylic acids is 1. The lowest BCUT2D eigenvalue weighted by atomic mass is 9.75. The number of alkyl halides is 3. The summed E-state index contributed by atoms with van der Waals surface area (Å²) in [5.41, 5.74) is 0.0585. The molecule has 1 aliphatic rings. The van der Waals surface area contributed by atoms with Crippen molar-refractivity contribution in [3.8, 4) is 0 Å². The van der Waals surface area contributed by atoms with Crippen molar-refractivity contribution in [1.82, 2.24) is 10.3 Å². The number of hydrogen-bond donors (Lipinski definition) is 1. The Balaban J connectivity index is 1.70. The molecule has 3 rings (SSSR count). The summed E-state index contributed by atoms with van der Waals surface area (Å²) in [5.74, 6) is -0.428. The SMILES string of the molecule is O=C(NCC1(c2ccsc2)CCOCC1)c1ccc(C(F)(F)F)nc1. The third-order valence-corrected chi connectivity index (χ3v) is 5.17. The lowest BCUT2D eigenvalue weighted by Crippen LogP contribution is -2.44. The van der Waals surface area contributed by atoms with Gasteiger partial charge < -0.3 is 10.1 Å². The number of amides is 1. The molecule has 1 fully saturated rings. The topological polar surface area (TPSA) is 51.2 Å². The number of thiophene rings is 1. The highest BCUT2D eigenvalue weighted by atomic mass is 32.1. The average Bonchev–Trinajstić information content (AvgIpc) is 3.15. The van der Waals surface area contributed by atoms with Crippen LogP contribution in [0.3, 0.4) is 0 Å². The second-order valence-corrected chi connectivity index (χ2v) is 6.80. The monoisotopic (exact) mass is 370 g/mol. The molecule has 2 aromatic rings. The van der Waals surface area contributed by atoms with Crippen molar-refractivity contribution in [2.24, 2.45) is 0 Å². The summed E-state index contributed by atoms with van der Waals surface area (Å²) < 4.78 is 43.1. The van der Waals surface area contributed by atoms with Crippen LogP contribution >= 0.6 is 11.3 Å². The zero-order chi connectivity index (χ0) is 17.9. The van der Waals surface area contributed by atoms with Crippen LogP contribution in [0.1, 0.15) is 34.5 Å². The summed E-state index contributed by atoms with van der Waals surface area (Å²) in [6.07, 6.45) is -1.98. The Morgan fingerprint density at radius 2 is 2.04 bits per heavy atom. The molecule has 1 saturated heterocycles. The molecule has 8 heteroatoms. The largest absolute Gasteiger partial charge is 0.433 e. The van der Waals surface area contributed by atoms with Crippen LogP contribution in [-0.4, -0.2) is 30.6 Å². The van der Waals surface area contributed by atoms with Crippen molar-refractivity contribution in [2.75, 3.05) is 19.8 Å². The molecule has 0 aliphatic carbocycles. The maximum atomic E-state index is 12.5. The van der Waals surface area contributed by atoms with E-state index in [-0.39, 0.29) is 11.0 Å². The molecule has 1 amide bonds. The first-order chi connectivity index (χ1) is 11.9. The molecule has 0 radical (unpaired) electrons. The van der Waals surface area contributed by atoms with Gasteiger partial charge in [0.25, 0.3) is 5.91 Å². The molecule has 2 aromatic heterocycles. The van der Waals surface area contributed by atoms with Gasteiger partial charge in [-0.05, 0) is 47.4 Å². The van der Waals surface area contributed by atoms with E-state index in [1.165, 1.54) is 0 Å². The fraction of sp³-hybridized carbons (Fsp3) is 0.412. The molecule has 3 heterocycles. The minimum Gasteiger partial charge on any atom is -0.381 e. The minimum atomic E-state index is -4.51. The lowest BCUT2D eigenvalue weighted by Gasteiger charge is -2.37. The molecular weight excluding hydrogens is 353 g/mol. The standard InChI is InChI=1S/C17H17F3N2O2S/c18-17(19,20)14-2-1-12(9-21-14)15(23)22-11-16(4-6-24-7-5-16)13-3-8-25-10-13/h1-3,8-10H,4-7,11H2,(H,22,23). The number of halogens is 3. The Morgan fingerprint density at radius 3 is 2.60 bits per heavy atom. The first kappa shape index (κ1) is 17.9. The van der Waals surface area contributed by atoms with E-state index in [4.69, 9.17) is 4.74 Å². The molecule has 1 aliphatic heterocycles. The van der Waals surface area contributed by atoms with Crippen LogP contribution < -0.4 is 5.32 Å². The molecule has 0 bridgehead atoms. The highest BCUT2D eigenvalue weighted by Crippen LogP contribution is 2.35. The van der Waals surface area contributed by atoms with Gasteiger partial charge in [-0.25, -0.2) is 0 Å². The molecule has 0 atom stereocenters. The molecule has 0 aromatic carbocycles. The molecule has 0 saturated carbocycles. The predicted octanol–water partition coefficient (Wildman–Crippen LogP) is 3.64. The van der Waals surface area contributed by atoms with E-state index >= 15 is 0 Å². The normalized spacial score (nSPS) is 17.2. The van der Waals surface area contributed by atoms with Gasteiger partial charge in [0.15, 0.2) is 0 Å². The van der Waals surface area contributed by atoms with Crippen LogP contribution in [0, 0.1) is 0 Å². The number of pyridine rings is 1. The Bertz CT molecular complexity index is 708. The Morgan fingerprint density at radius 1 is 1.28 bits per heavy atom. The lowest BCUT2D eigenvalue weighted by molar-refractivity contribution is -0.141. The van der Waals surface area contributed by atoms with Crippen LogP contribution in [0.2, 0.25) is 0 Å². The Hall–Kier alpha value is -1.93. The highest BCUT2D eigenvalue weighted by molar-refractivity contribution is 7.08. The van der Waals surface area contributed by atoms with Gasteiger partial charge in [-0.3, -0.25) is 9.78 Å². The van der Waals surface area contributed by atoms with Crippen LogP contribution in [0.15, 0.2) is 35.2 Å². The summed E-state index contributed by atoms with van der Waals surface area (Å²) in [6.45, 7) is 1.65. The van der Waals surface area contributed by atoms with E-state index in [1.807, 2.05) is 11.4 Å². The Labute approximate surface area is 147 Å². The Kier molecular flexibility index (Phi) is 5.10. The number of ether oxygens (including phenoxy) is 1. The minimum absolute atomic E-state index is 0.112. The van der Waals surface area contributed by atoms with E-state index in [2.05, 4.69) is 15.7 Å². The van der Waals surface area contributed by atoms with E-state index < -0.39 is 17.8 Å². The maximum absolute atomic E-state index is 12.5. The maximum Gasteiger partial charge on any atom is 0.433 e. The van der Waals surface area contributed by atoms with Gasteiger partial charge >= 0.3 is 6.18 Å². The first-order valence-electron chi connectivity index (χ1n) is 7.83. The van der Waals surface area contributed by atoms with E-state index in [9.17, 15) is 18.0 Å². The van der Waals surface area contributed by atoms with Gasteiger partial charge in [-0.15, -0.1) is 0 Å². The van der Waals surface area contributed by atoms with Crippen molar-refractivity contribution in [1.29, 1.82) is 0 Å². The van der Waals surface area contributed by atoms with Gasteiger partial charge in [0, 0.05) is 31.4 Å². The molecule has 25 heavy (non-hydrogen) atoms. The van der Waals surface area contributed by atoms with Crippen LogP contribution in [0.25, 0.3) is 0 Å². The van der Waals surface area contributed by atoms with Gasteiger partial charge in [0.1, 0.15) is 5.69 Å². The van der Waals surface area contributed by atoms with E-state index in [1.54, 1.807) is 11.3 Å². The number of hydrogen-bond acceptors (Lipinski definition) is 4. The second-order valence-electron chi connectivity index (χ2n) is 6.02. The number of carbonyl (C=O) groups is 1. The van der Waals surface area contributed by atoms with Crippen molar-refractivity contribution >= 4 is 17.2 Å². The molecule has 0 unspecified atom stereocenters.